The highest BCUT2D eigenvalue weighted by Crippen LogP contribution is 2.43. The zero-order chi connectivity index (χ0) is 23.3. The van der Waals surface area contributed by atoms with Gasteiger partial charge in [0.1, 0.15) is 17.6 Å². The molecule has 33 heavy (non-hydrogen) atoms. The maximum atomic E-state index is 12.5. The van der Waals surface area contributed by atoms with Gasteiger partial charge in [0, 0.05) is 37.5 Å². The van der Waals surface area contributed by atoms with Gasteiger partial charge in [0.05, 0.1) is 28.2 Å². The predicted octanol–water partition coefficient (Wildman–Crippen LogP) is 5.34. The topological polar surface area (TPSA) is 87.1 Å². The number of hydrogen-bond acceptors (Lipinski definition) is 4. The van der Waals surface area contributed by atoms with Crippen LogP contribution >= 0.6 is 0 Å². The van der Waals surface area contributed by atoms with Gasteiger partial charge in [0.25, 0.3) is 0 Å². The molecule has 0 bridgehead atoms. The zero-order valence-corrected chi connectivity index (χ0v) is 18.9. The van der Waals surface area contributed by atoms with Crippen molar-refractivity contribution in [1.82, 2.24) is 14.3 Å². The number of nitrogens with zero attached hydrogens (tertiary/aromatic N) is 5. The Morgan fingerprint density at radius 2 is 1.91 bits per heavy atom. The van der Waals surface area contributed by atoms with Crippen molar-refractivity contribution in [3.63, 3.8) is 0 Å². The Morgan fingerprint density at radius 1 is 1.18 bits per heavy atom. The molecule has 7 heteroatoms. The number of rotatable bonds is 4. The largest absolute Gasteiger partial charge is 0.508 e. The second-order valence-electron chi connectivity index (χ2n) is 8.66. The highest BCUT2D eigenvalue weighted by molar-refractivity contribution is 5.99. The van der Waals surface area contributed by atoms with Crippen molar-refractivity contribution in [3.8, 4) is 23.1 Å². The minimum absolute atomic E-state index is 0.109. The number of benzene rings is 2. The molecule has 0 aliphatic heterocycles. The molecule has 0 radical (unpaired) electrons. The van der Waals surface area contributed by atoms with E-state index in [2.05, 4.69) is 15.7 Å². The maximum Gasteiger partial charge on any atom is 0.229 e. The summed E-state index contributed by atoms with van der Waals surface area (Å²) in [6.07, 6.45) is 3.25. The molecular formula is C26H25N5O2. The Kier molecular flexibility index (Phi) is 4.94. The van der Waals surface area contributed by atoms with Crippen molar-refractivity contribution in [1.29, 1.82) is 5.26 Å². The van der Waals surface area contributed by atoms with Crippen LogP contribution in [0.2, 0.25) is 0 Å². The number of phenolic OH excluding ortho intramolecular Hbond substituents is 1. The molecule has 2 heterocycles. The Bertz CT molecular complexity index is 1420. The normalized spacial score (nSPS) is 13.6. The first kappa shape index (κ1) is 20.8. The molecule has 0 atom stereocenters. The Hall–Kier alpha value is -4.05. The Morgan fingerprint density at radius 3 is 2.45 bits per heavy atom. The van der Waals surface area contributed by atoms with Gasteiger partial charge in [-0.1, -0.05) is 12.1 Å². The van der Waals surface area contributed by atoms with Crippen LogP contribution in [-0.4, -0.2) is 25.4 Å². The first-order chi connectivity index (χ1) is 15.9. The lowest BCUT2D eigenvalue weighted by molar-refractivity contribution is -0.115. The highest BCUT2D eigenvalue weighted by Gasteiger charge is 2.28. The number of aromatic hydroxyl groups is 1. The molecule has 2 aromatic carbocycles. The lowest BCUT2D eigenvalue weighted by Gasteiger charge is -2.30. The molecule has 0 unspecified atom stereocenters. The summed E-state index contributed by atoms with van der Waals surface area (Å²) in [5.41, 5.74) is 4.82. The summed E-state index contributed by atoms with van der Waals surface area (Å²) >= 11 is 0. The van der Waals surface area contributed by atoms with Gasteiger partial charge in [-0.3, -0.25) is 14.4 Å². The summed E-state index contributed by atoms with van der Waals surface area (Å²) in [5.74, 6) is 0.780. The molecule has 1 saturated carbocycles. The summed E-state index contributed by atoms with van der Waals surface area (Å²) in [4.78, 5) is 14.1. The molecule has 1 amide bonds. The van der Waals surface area contributed by atoms with Gasteiger partial charge >= 0.3 is 0 Å². The lowest BCUT2D eigenvalue weighted by atomic mass is 9.92. The van der Waals surface area contributed by atoms with Crippen molar-refractivity contribution < 1.29 is 9.90 Å². The summed E-state index contributed by atoms with van der Waals surface area (Å²) in [6.45, 7) is 3.43. The van der Waals surface area contributed by atoms with Crippen molar-refractivity contribution in [2.75, 3.05) is 4.90 Å². The van der Waals surface area contributed by atoms with Crippen LogP contribution in [-0.2, 0) is 11.8 Å². The second kappa shape index (κ2) is 7.82. The fraction of sp³-hybridized carbons (Fsp3) is 0.269. The SMILES string of the molecule is CC(=O)N(c1ccc(-c2c(C#N)c3ccc(O)cc3n2C2CCC2)cc1)c1cc(C)nn1C. The first-order valence-corrected chi connectivity index (χ1v) is 11.1. The number of phenols is 1. The monoisotopic (exact) mass is 439 g/mol. The number of carbonyl (C=O) groups is 1. The molecule has 1 aliphatic carbocycles. The van der Waals surface area contributed by atoms with Gasteiger partial charge in [0.2, 0.25) is 5.91 Å². The predicted molar refractivity (Wildman–Crippen MR) is 127 cm³/mol. The first-order valence-electron chi connectivity index (χ1n) is 11.1. The fourth-order valence-electron chi connectivity index (χ4n) is 4.77. The molecule has 2 aromatic heterocycles. The number of hydrogen-bond donors (Lipinski definition) is 1. The highest BCUT2D eigenvalue weighted by atomic mass is 16.3. The van der Waals surface area contributed by atoms with E-state index in [9.17, 15) is 15.2 Å². The van der Waals surface area contributed by atoms with E-state index in [1.54, 1.807) is 21.7 Å². The average Bonchev–Trinajstić information content (AvgIpc) is 3.23. The molecule has 1 N–H and O–H groups in total. The van der Waals surface area contributed by atoms with E-state index in [1.165, 1.54) is 6.92 Å². The third-order valence-corrected chi connectivity index (χ3v) is 6.46. The van der Waals surface area contributed by atoms with Crippen molar-refractivity contribution in [3.05, 3.63) is 59.8 Å². The summed E-state index contributed by atoms with van der Waals surface area (Å²) in [7, 11) is 1.82. The van der Waals surface area contributed by atoms with Crippen molar-refractivity contribution >= 4 is 28.3 Å². The van der Waals surface area contributed by atoms with E-state index in [4.69, 9.17) is 0 Å². The Labute approximate surface area is 192 Å². The number of fused-ring (bicyclic) bond motifs is 1. The van der Waals surface area contributed by atoms with Crippen LogP contribution in [0.3, 0.4) is 0 Å². The molecule has 1 fully saturated rings. The molecule has 1 aliphatic rings. The minimum atomic E-state index is -0.109. The molecule has 166 valence electrons. The molecule has 5 rings (SSSR count). The van der Waals surface area contributed by atoms with Crippen LogP contribution in [0.4, 0.5) is 11.5 Å². The smallest absolute Gasteiger partial charge is 0.229 e. The van der Waals surface area contributed by atoms with Crippen molar-refractivity contribution in [2.24, 2.45) is 7.05 Å². The van der Waals surface area contributed by atoms with Crippen LogP contribution in [0.1, 0.15) is 43.5 Å². The quantitative estimate of drug-likeness (QED) is 0.465. The molecule has 4 aromatic rings. The maximum absolute atomic E-state index is 12.5. The van der Waals surface area contributed by atoms with Gasteiger partial charge in [-0.2, -0.15) is 10.4 Å². The number of carbonyl (C=O) groups excluding carboxylic acids is 1. The van der Waals surface area contributed by atoms with Gasteiger partial charge in [-0.15, -0.1) is 0 Å². The van der Waals surface area contributed by atoms with Crippen LogP contribution < -0.4 is 4.90 Å². The average molecular weight is 440 g/mol. The van der Waals surface area contributed by atoms with E-state index in [0.29, 0.717) is 17.4 Å². The lowest BCUT2D eigenvalue weighted by Crippen LogP contribution is -2.25. The Balaban J connectivity index is 1.65. The summed E-state index contributed by atoms with van der Waals surface area (Å²) < 4.78 is 3.90. The molecule has 0 saturated heterocycles. The van der Waals surface area contributed by atoms with Crippen LogP contribution in [0, 0.1) is 18.3 Å². The van der Waals surface area contributed by atoms with Gasteiger partial charge in [0.15, 0.2) is 0 Å². The third-order valence-electron chi connectivity index (χ3n) is 6.46. The van der Waals surface area contributed by atoms with E-state index in [1.807, 2.05) is 50.4 Å². The fourth-order valence-corrected chi connectivity index (χ4v) is 4.77. The number of nitriles is 1. The molecular weight excluding hydrogens is 414 g/mol. The van der Waals surface area contributed by atoms with Crippen molar-refractivity contribution in [2.45, 2.75) is 39.2 Å². The summed E-state index contributed by atoms with van der Waals surface area (Å²) in [6, 6.07) is 17.5. The van der Waals surface area contributed by atoms with Gasteiger partial charge in [-0.25, -0.2) is 0 Å². The number of amides is 1. The van der Waals surface area contributed by atoms with E-state index in [0.717, 1.165) is 52.8 Å². The minimum Gasteiger partial charge on any atom is -0.508 e. The van der Waals surface area contributed by atoms with E-state index < -0.39 is 0 Å². The van der Waals surface area contributed by atoms with Crippen LogP contribution in [0.15, 0.2) is 48.5 Å². The van der Waals surface area contributed by atoms with Gasteiger partial charge in [-0.05, 0) is 56.0 Å². The van der Waals surface area contributed by atoms with Gasteiger partial charge < -0.3 is 9.67 Å². The van der Waals surface area contributed by atoms with Crippen LogP contribution in [0.25, 0.3) is 22.2 Å². The van der Waals surface area contributed by atoms with E-state index >= 15 is 0 Å². The number of anilines is 2. The number of aryl methyl sites for hydroxylation is 2. The number of aromatic nitrogens is 3. The summed E-state index contributed by atoms with van der Waals surface area (Å²) in [5, 5.41) is 25.4. The molecule has 7 nitrogen and oxygen atoms in total. The second-order valence-corrected chi connectivity index (χ2v) is 8.66. The zero-order valence-electron chi connectivity index (χ0n) is 18.9. The molecule has 0 spiro atoms. The van der Waals surface area contributed by atoms with Crippen LogP contribution in [0.5, 0.6) is 5.75 Å². The standard InChI is InChI=1S/C26H25N5O2/c1-16-13-25(29(3)28-16)30(17(2)32)20-9-7-18(8-10-20)26-23(15-27)22-12-11-21(33)14-24(22)31(26)19-5-4-6-19/h7-14,19,33H,4-6H2,1-3H3. The van der Waals surface area contributed by atoms with E-state index in [-0.39, 0.29) is 11.7 Å². The third kappa shape index (κ3) is 3.35.